The van der Waals surface area contributed by atoms with E-state index in [1.165, 1.54) is 43.2 Å². The number of hydrogen-bond donors (Lipinski definition) is 1. The molecule has 0 radical (unpaired) electrons. The van der Waals surface area contributed by atoms with Crippen molar-refractivity contribution in [3.05, 3.63) is 35.4 Å². The number of hydrogen-bond acceptors (Lipinski definition) is 2. The van der Waals surface area contributed by atoms with Gasteiger partial charge in [0.15, 0.2) is 0 Å². The van der Waals surface area contributed by atoms with Crippen molar-refractivity contribution in [2.24, 2.45) is 5.92 Å². The molecule has 0 aromatic heterocycles. The van der Waals surface area contributed by atoms with E-state index in [4.69, 9.17) is 4.74 Å². The number of aliphatic hydroxyl groups is 1. The summed E-state index contributed by atoms with van der Waals surface area (Å²) >= 11 is 0. The summed E-state index contributed by atoms with van der Waals surface area (Å²) in [6.07, 6.45) is 8.06. The van der Waals surface area contributed by atoms with Gasteiger partial charge in [-0.05, 0) is 48.6 Å². The Balaban J connectivity index is 1.59. The van der Waals surface area contributed by atoms with E-state index in [1.54, 1.807) is 7.11 Å². The molecule has 0 aliphatic heterocycles. The summed E-state index contributed by atoms with van der Waals surface area (Å²) in [5.74, 6) is 1.08. The fraction of sp³-hybridized carbons (Fsp3) is 0.667. The number of fused-ring (bicyclic) bond motifs is 1. The third-order valence-electron chi connectivity index (χ3n) is 5.25. The summed E-state index contributed by atoms with van der Waals surface area (Å²) in [5, 5.41) is 10.6. The molecule has 1 aromatic carbocycles. The van der Waals surface area contributed by atoms with Crippen LogP contribution in [0.25, 0.3) is 0 Å². The minimum atomic E-state index is -0.318. The minimum Gasteiger partial charge on any atom is -0.390 e. The van der Waals surface area contributed by atoms with Crippen molar-refractivity contribution in [1.82, 2.24) is 0 Å². The van der Waals surface area contributed by atoms with Gasteiger partial charge in [-0.1, -0.05) is 43.5 Å². The summed E-state index contributed by atoms with van der Waals surface area (Å²) in [7, 11) is 1.76. The van der Waals surface area contributed by atoms with E-state index in [0.29, 0.717) is 11.8 Å². The molecule has 3 rings (SSSR count). The summed E-state index contributed by atoms with van der Waals surface area (Å²) in [4.78, 5) is 0. The maximum Gasteiger partial charge on any atom is 0.0858 e. The molecule has 0 saturated heterocycles. The van der Waals surface area contributed by atoms with Gasteiger partial charge in [-0.3, -0.25) is 0 Å². The predicted molar refractivity (Wildman–Crippen MR) is 80.9 cm³/mol. The zero-order valence-corrected chi connectivity index (χ0v) is 12.4. The molecule has 1 fully saturated rings. The Morgan fingerprint density at radius 2 is 1.95 bits per heavy atom. The van der Waals surface area contributed by atoms with E-state index in [2.05, 4.69) is 24.3 Å². The van der Waals surface area contributed by atoms with Gasteiger partial charge >= 0.3 is 0 Å². The van der Waals surface area contributed by atoms with Crippen LogP contribution < -0.4 is 0 Å². The highest BCUT2D eigenvalue weighted by molar-refractivity contribution is 5.39. The Hall–Kier alpha value is -0.860. The lowest BCUT2D eigenvalue weighted by molar-refractivity contribution is -0.0601. The number of benzene rings is 1. The normalized spacial score (nSPS) is 25.6. The Bertz CT molecular complexity index is 437. The van der Waals surface area contributed by atoms with Gasteiger partial charge in [0.2, 0.25) is 0 Å². The molecule has 0 bridgehead atoms. The van der Waals surface area contributed by atoms with Crippen LogP contribution in [0.1, 0.15) is 55.6 Å². The summed E-state index contributed by atoms with van der Waals surface area (Å²) in [5.41, 5.74) is 2.89. The molecular formula is C18H26O2. The molecule has 2 heteroatoms. The molecule has 2 aliphatic carbocycles. The second kappa shape index (κ2) is 6.28. The molecule has 20 heavy (non-hydrogen) atoms. The summed E-state index contributed by atoms with van der Waals surface area (Å²) in [6.45, 7) is 0. The molecule has 110 valence electrons. The fourth-order valence-electron chi connectivity index (χ4n) is 4.13. The smallest absolute Gasteiger partial charge is 0.0858 e. The Kier molecular flexibility index (Phi) is 4.42. The lowest BCUT2D eigenvalue weighted by atomic mass is 9.73. The van der Waals surface area contributed by atoms with Crippen LogP contribution in [-0.4, -0.2) is 24.4 Å². The average molecular weight is 274 g/mol. The van der Waals surface area contributed by atoms with Crippen molar-refractivity contribution < 1.29 is 9.84 Å². The van der Waals surface area contributed by atoms with E-state index >= 15 is 0 Å². The number of aliphatic hydroxyl groups excluding tert-OH is 1. The van der Waals surface area contributed by atoms with Crippen LogP contribution >= 0.6 is 0 Å². The van der Waals surface area contributed by atoms with Crippen molar-refractivity contribution in [3.63, 3.8) is 0 Å². The number of methoxy groups -OCH3 is 1. The third-order valence-corrected chi connectivity index (χ3v) is 5.25. The highest BCUT2D eigenvalue weighted by atomic mass is 16.5. The molecule has 1 N–H and O–H groups in total. The Morgan fingerprint density at radius 3 is 2.65 bits per heavy atom. The van der Waals surface area contributed by atoms with E-state index in [9.17, 15) is 5.11 Å². The van der Waals surface area contributed by atoms with Crippen LogP contribution in [0.5, 0.6) is 0 Å². The molecule has 0 heterocycles. The number of rotatable bonds is 5. The Labute approximate surface area is 122 Å². The fourth-order valence-corrected chi connectivity index (χ4v) is 4.13. The van der Waals surface area contributed by atoms with Gasteiger partial charge in [-0.15, -0.1) is 0 Å². The SMILES string of the molecule is COC(C(O)CC1Cc2ccccc21)C1CCCCC1. The molecule has 3 atom stereocenters. The number of ether oxygens (including phenoxy) is 1. The van der Waals surface area contributed by atoms with Crippen LogP contribution in [0.3, 0.4) is 0 Å². The molecule has 2 nitrogen and oxygen atoms in total. The molecule has 0 amide bonds. The van der Waals surface area contributed by atoms with E-state index in [-0.39, 0.29) is 12.2 Å². The highest BCUT2D eigenvalue weighted by Gasteiger charge is 2.34. The van der Waals surface area contributed by atoms with Gasteiger partial charge in [-0.2, -0.15) is 0 Å². The van der Waals surface area contributed by atoms with Gasteiger partial charge in [0.05, 0.1) is 12.2 Å². The molecule has 1 aromatic rings. The average Bonchev–Trinajstić information content (AvgIpc) is 2.47. The molecule has 1 saturated carbocycles. The quantitative estimate of drug-likeness (QED) is 0.887. The van der Waals surface area contributed by atoms with Crippen LogP contribution in [0, 0.1) is 5.92 Å². The van der Waals surface area contributed by atoms with Crippen molar-refractivity contribution >= 4 is 0 Å². The van der Waals surface area contributed by atoms with E-state index in [0.717, 1.165) is 12.8 Å². The van der Waals surface area contributed by atoms with Crippen LogP contribution in [0.15, 0.2) is 24.3 Å². The molecule has 3 unspecified atom stereocenters. The van der Waals surface area contributed by atoms with Gasteiger partial charge in [0.1, 0.15) is 0 Å². The third kappa shape index (κ3) is 2.77. The van der Waals surface area contributed by atoms with Gasteiger partial charge < -0.3 is 9.84 Å². The topological polar surface area (TPSA) is 29.5 Å². The first-order valence-corrected chi connectivity index (χ1v) is 8.08. The standard InChI is InChI=1S/C18H26O2/c1-20-18(13-7-3-2-4-8-13)17(19)12-15-11-14-9-5-6-10-16(14)15/h5-6,9-10,13,15,17-19H,2-4,7-8,11-12H2,1H3. The molecule has 2 aliphatic rings. The van der Waals surface area contributed by atoms with Crippen molar-refractivity contribution in [1.29, 1.82) is 0 Å². The largest absolute Gasteiger partial charge is 0.390 e. The second-order valence-corrected chi connectivity index (χ2v) is 6.50. The molecule has 0 spiro atoms. The van der Waals surface area contributed by atoms with Crippen molar-refractivity contribution in [3.8, 4) is 0 Å². The lowest BCUT2D eigenvalue weighted by Crippen LogP contribution is -2.38. The first-order valence-electron chi connectivity index (χ1n) is 8.08. The first-order chi connectivity index (χ1) is 9.79. The van der Waals surface area contributed by atoms with E-state index < -0.39 is 0 Å². The summed E-state index contributed by atoms with van der Waals surface area (Å²) < 4.78 is 5.66. The molecular weight excluding hydrogens is 248 g/mol. The van der Waals surface area contributed by atoms with E-state index in [1.807, 2.05) is 0 Å². The minimum absolute atomic E-state index is 0.0306. The first kappa shape index (κ1) is 14.1. The maximum atomic E-state index is 10.6. The van der Waals surface area contributed by atoms with Gasteiger partial charge in [-0.25, -0.2) is 0 Å². The maximum absolute atomic E-state index is 10.6. The van der Waals surface area contributed by atoms with Crippen LogP contribution in [-0.2, 0) is 11.2 Å². The zero-order chi connectivity index (χ0) is 13.9. The zero-order valence-electron chi connectivity index (χ0n) is 12.4. The highest BCUT2D eigenvalue weighted by Crippen LogP contribution is 2.40. The van der Waals surface area contributed by atoms with Crippen LogP contribution in [0.2, 0.25) is 0 Å². The van der Waals surface area contributed by atoms with Gasteiger partial charge in [0.25, 0.3) is 0 Å². The predicted octanol–water partition coefficient (Wildman–Crippen LogP) is 3.67. The second-order valence-electron chi connectivity index (χ2n) is 6.50. The monoisotopic (exact) mass is 274 g/mol. The van der Waals surface area contributed by atoms with Crippen molar-refractivity contribution in [2.75, 3.05) is 7.11 Å². The lowest BCUT2D eigenvalue weighted by Gasteiger charge is -2.37. The van der Waals surface area contributed by atoms with Crippen LogP contribution in [0.4, 0.5) is 0 Å². The summed E-state index contributed by atoms with van der Waals surface area (Å²) in [6, 6.07) is 8.61. The Morgan fingerprint density at radius 1 is 1.20 bits per heavy atom. The van der Waals surface area contributed by atoms with Gasteiger partial charge in [0, 0.05) is 7.11 Å². The van der Waals surface area contributed by atoms with Crippen molar-refractivity contribution in [2.45, 2.75) is 63.1 Å².